The Morgan fingerprint density at radius 3 is 2.50 bits per heavy atom. The molecular formula is C12H27N4+. The first-order valence-corrected chi connectivity index (χ1v) is 6.49. The molecule has 0 aromatic rings. The molecule has 1 aliphatic heterocycles. The van der Waals surface area contributed by atoms with E-state index in [1.807, 2.05) is 0 Å². The first-order valence-electron chi connectivity index (χ1n) is 6.49. The molecule has 2 unspecified atom stereocenters. The third-order valence-corrected chi connectivity index (χ3v) is 2.97. The van der Waals surface area contributed by atoms with Crippen molar-refractivity contribution in [2.45, 2.75) is 47.0 Å². The quantitative estimate of drug-likeness (QED) is 0.706. The van der Waals surface area contributed by atoms with E-state index >= 15 is 0 Å². The number of nitrogens with two attached hydrogens (primary N) is 1. The van der Waals surface area contributed by atoms with Gasteiger partial charge in [0.1, 0.15) is 6.04 Å². The van der Waals surface area contributed by atoms with E-state index in [9.17, 15) is 0 Å². The van der Waals surface area contributed by atoms with Gasteiger partial charge >= 0.3 is 0 Å². The van der Waals surface area contributed by atoms with Crippen molar-refractivity contribution in [2.75, 3.05) is 19.6 Å². The highest BCUT2D eigenvalue weighted by molar-refractivity contribution is 5.86. The van der Waals surface area contributed by atoms with Crippen molar-refractivity contribution in [1.82, 2.24) is 10.2 Å². The topological polar surface area (TPSA) is 44.2 Å². The van der Waals surface area contributed by atoms with Crippen LogP contribution in [0.2, 0.25) is 0 Å². The minimum absolute atomic E-state index is 0.216. The van der Waals surface area contributed by atoms with Crippen molar-refractivity contribution in [3.63, 3.8) is 0 Å². The van der Waals surface area contributed by atoms with Crippen molar-refractivity contribution in [1.29, 1.82) is 0 Å². The van der Waals surface area contributed by atoms with E-state index in [0.717, 1.165) is 19.6 Å². The summed E-state index contributed by atoms with van der Waals surface area (Å²) in [6.07, 6.45) is 0.216. The van der Waals surface area contributed by atoms with Crippen LogP contribution in [-0.2, 0) is 0 Å². The number of rotatable bonds is 5. The Balaban J connectivity index is 2.53. The fourth-order valence-electron chi connectivity index (χ4n) is 2.05. The molecule has 1 aliphatic rings. The van der Waals surface area contributed by atoms with E-state index in [4.69, 9.17) is 4.99 Å². The number of amidine groups is 1. The molecule has 94 valence electrons. The van der Waals surface area contributed by atoms with Gasteiger partial charge in [-0.3, -0.25) is 0 Å². The molecule has 16 heavy (non-hydrogen) atoms. The van der Waals surface area contributed by atoms with Crippen LogP contribution in [0.5, 0.6) is 0 Å². The van der Waals surface area contributed by atoms with Crippen LogP contribution in [-0.4, -0.2) is 42.7 Å². The second kappa shape index (κ2) is 6.21. The van der Waals surface area contributed by atoms with Gasteiger partial charge < -0.3 is 10.2 Å². The van der Waals surface area contributed by atoms with Crippen molar-refractivity contribution in [2.24, 2.45) is 10.9 Å². The lowest BCUT2D eigenvalue weighted by atomic mass is 10.2. The van der Waals surface area contributed by atoms with Crippen LogP contribution >= 0.6 is 0 Å². The van der Waals surface area contributed by atoms with Gasteiger partial charge in [0.2, 0.25) is 6.29 Å². The number of hydrogen-bond donors (Lipinski definition) is 2. The van der Waals surface area contributed by atoms with Gasteiger partial charge in [-0.2, -0.15) is 4.99 Å². The molecule has 0 spiro atoms. The van der Waals surface area contributed by atoms with Gasteiger partial charge in [-0.25, -0.2) is 5.32 Å². The SMILES string of the molecule is CCN(CC)C1=NC(NCC(C)C)[NH2+]C1C. The maximum Gasteiger partial charge on any atom is 0.239 e. The molecule has 0 fully saturated rings. The molecule has 4 nitrogen and oxygen atoms in total. The number of nitrogens with one attached hydrogen (secondary N) is 1. The molecule has 3 N–H and O–H groups in total. The second-order valence-electron chi connectivity index (χ2n) is 4.89. The van der Waals surface area contributed by atoms with Crippen LogP contribution in [0.1, 0.15) is 34.6 Å². The first-order chi connectivity index (χ1) is 7.58. The zero-order chi connectivity index (χ0) is 12.1. The lowest BCUT2D eigenvalue weighted by Crippen LogP contribution is -2.95. The molecule has 0 aliphatic carbocycles. The summed E-state index contributed by atoms with van der Waals surface area (Å²) >= 11 is 0. The Labute approximate surface area is 99.5 Å². The van der Waals surface area contributed by atoms with Crippen molar-refractivity contribution < 1.29 is 5.32 Å². The second-order valence-corrected chi connectivity index (χ2v) is 4.89. The van der Waals surface area contributed by atoms with Gasteiger partial charge in [-0.1, -0.05) is 13.8 Å². The summed E-state index contributed by atoms with van der Waals surface area (Å²) in [5, 5.41) is 5.78. The zero-order valence-corrected chi connectivity index (χ0v) is 11.3. The van der Waals surface area contributed by atoms with Gasteiger partial charge in [0, 0.05) is 19.6 Å². The lowest BCUT2D eigenvalue weighted by molar-refractivity contribution is -0.700. The Morgan fingerprint density at radius 1 is 1.38 bits per heavy atom. The van der Waals surface area contributed by atoms with Gasteiger partial charge in [0.15, 0.2) is 5.84 Å². The third kappa shape index (κ3) is 3.46. The Morgan fingerprint density at radius 2 is 2.00 bits per heavy atom. The maximum absolute atomic E-state index is 4.76. The number of likely N-dealkylation sites (N-methyl/N-ethyl adjacent to an activating group) is 1. The molecule has 0 radical (unpaired) electrons. The van der Waals surface area contributed by atoms with E-state index in [1.165, 1.54) is 5.84 Å². The molecule has 4 heteroatoms. The molecule has 0 saturated carbocycles. The Hall–Kier alpha value is -0.610. The summed E-state index contributed by atoms with van der Waals surface area (Å²) in [7, 11) is 0. The molecule has 0 aromatic carbocycles. The normalized spacial score (nSPS) is 25.0. The average Bonchev–Trinajstić information content (AvgIpc) is 2.59. The lowest BCUT2D eigenvalue weighted by Gasteiger charge is -2.21. The summed E-state index contributed by atoms with van der Waals surface area (Å²) in [5.74, 6) is 1.92. The largest absolute Gasteiger partial charge is 0.356 e. The molecule has 0 bridgehead atoms. The standard InChI is InChI=1S/C12H26N4/c1-6-16(7-2)11-10(5)14-12(15-11)13-8-9(3)4/h9-10,12-14H,6-8H2,1-5H3/p+1. The predicted molar refractivity (Wildman–Crippen MR) is 68.4 cm³/mol. The van der Waals surface area contributed by atoms with Gasteiger partial charge in [0.05, 0.1) is 0 Å². The maximum atomic E-state index is 4.76. The van der Waals surface area contributed by atoms with Crippen LogP contribution in [0.3, 0.4) is 0 Å². The number of aliphatic imine (C=N–C) groups is 1. The van der Waals surface area contributed by atoms with Crippen LogP contribution in [0.25, 0.3) is 0 Å². The van der Waals surface area contributed by atoms with Crippen molar-refractivity contribution >= 4 is 5.84 Å². The number of quaternary nitrogens is 1. The van der Waals surface area contributed by atoms with Crippen molar-refractivity contribution in [3.05, 3.63) is 0 Å². The van der Waals surface area contributed by atoms with Crippen LogP contribution < -0.4 is 10.6 Å². The molecule has 0 aromatic heterocycles. The number of hydrogen-bond acceptors (Lipinski definition) is 3. The van der Waals surface area contributed by atoms with E-state index in [2.05, 4.69) is 50.2 Å². The predicted octanol–water partition coefficient (Wildman–Crippen LogP) is 0.221. The van der Waals surface area contributed by atoms with Crippen LogP contribution in [0.4, 0.5) is 0 Å². The Kier molecular flexibility index (Phi) is 5.22. The first kappa shape index (κ1) is 13.5. The minimum Gasteiger partial charge on any atom is -0.356 e. The van der Waals surface area contributed by atoms with E-state index in [1.54, 1.807) is 0 Å². The molecular weight excluding hydrogens is 200 g/mol. The highest BCUT2D eigenvalue weighted by Crippen LogP contribution is 2.01. The summed E-state index contributed by atoms with van der Waals surface area (Å²) < 4.78 is 0. The molecule has 0 amide bonds. The Bertz CT molecular complexity index is 233. The van der Waals surface area contributed by atoms with Gasteiger partial charge in [0.25, 0.3) is 0 Å². The summed E-state index contributed by atoms with van der Waals surface area (Å²) in [5.41, 5.74) is 0. The van der Waals surface area contributed by atoms with E-state index in [-0.39, 0.29) is 6.29 Å². The van der Waals surface area contributed by atoms with Crippen LogP contribution in [0.15, 0.2) is 4.99 Å². The van der Waals surface area contributed by atoms with E-state index in [0.29, 0.717) is 12.0 Å². The fourth-order valence-corrected chi connectivity index (χ4v) is 2.05. The van der Waals surface area contributed by atoms with Gasteiger partial charge in [-0.05, 0) is 26.7 Å². The van der Waals surface area contributed by atoms with Crippen LogP contribution in [0, 0.1) is 5.92 Å². The van der Waals surface area contributed by atoms with Gasteiger partial charge in [-0.15, -0.1) is 0 Å². The molecule has 1 rings (SSSR count). The summed E-state index contributed by atoms with van der Waals surface area (Å²) in [4.78, 5) is 7.10. The third-order valence-electron chi connectivity index (χ3n) is 2.97. The van der Waals surface area contributed by atoms with E-state index < -0.39 is 0 Å². The highest BCUT2D eigenvalue weighted by atomic mass is 15.4. The monoisotopic (exact) mass is 227 g/mol. The summed E-state index contributed by atoms with van der Waals surface area (Å²) in [6, 6.07) is 0.476. The van der Waals surface area contributed by atoms with Crippen molar-refractivity contribution in [3.8, 4) is 0 Å². The fraction of sp³-hybridized carbons (Fsp3) is 0.917. The molecule has 2 atom stereocenters. The minimum atomic E-state index is 0.216. The zero-order valence-electron chi connectivity index (χ0n) is 11.3. The summed E-state index contributed by atoms with van der Waals surface area (Å²) in [6.45, 7) is 14.2. The smallest absolute Gasteiger partial charge is 0.239 e. The number of nitrogens with zero attached hydrogens (tertiary/aromatic N) is 2. The molecule has 1 heterocycles. The average molecular weight is 227 g/mol. The molecule has 0 saturated heterocycles. The highest BCUT2D eigenvalue weighted by Gasteiger charge is 2.30.